The van der Waals surface area contributed by atoms with E-state index in [-0.39, 0.29) is 0 Å². The average molecular weight is 364 g/mol. The molecule has 0 unspecified atom stereocenters. The number of rotatable bonds is 4. The molecule has 5 nitrogen and oxygen atoms in total. The SMILES string of the molecule is Cc1ccc(-n2ncc3c(N(C)Cc4ccccc4)ncnc32)cc1Cl. The van der Waals surface area contributed by atoms with Crippen LogP contribution in [-0.2, 0) is 6.54 Å². The molecule has 0 atom stereocenters. The topological polar surface area (TPSA) is 46.8 Å². The first-order chi connectivity index (χ1) is 12.6. The molecule has 130 valence electrons. The molecule has 6 heteroatoms. The van der Waals surface area contributed by atoms with Gasteiger partial charge in [0, 0.05) is 18.6 Å². The Labute approximate surface area is 156 Å². The zero-order chi connectivity index (χ0) is 18.1. The molecule has 0 fully saturated rings. The fourth-order valence-electron chi connectivity index (χ4n) is 2.97. The highest BCUT2D eigenvalue weighted by atomic mass is 35.5. The Morgan fingerprint density at radius 2 is 1.88 bits per heavy atom. The van der Waals surface area contributed by atoms with Crippen LogP contribution in [0.4, 0.5) is 5.82 Å². The summed E-state index contributed by atoms with van der Waals surface area (Å²) in [6.45, 7) is 2.74. The molecule has 0 spiro atoms. The normalized spacial score (nSPS) is 11.0. The Morgan fingerprint density at radius 3 is 2.65 bits per heavy atom. The second-order valence-electron chi connectivity index (χ2n) is 6.27. The summed E-state index contributed by atoms with van der Waals surface area (Å²) in [6, 6.07) is 16.2. The lowest BCUT2D eigenvalue weighted by atomic mass is 10.2. The summed E-state index contributed by atoms with van der Waals surface area (Å²) >= 11 is 6.27. The van der Waals surface area contributed by atoms with Gasteiger partial charge < -0.3 is 4.90 Å². The molecule has 0 amide bonds. The van der Waals surface area contributed by atoms with E-state index in [0.29, 0.717) is 5.02 Å². The Hall–Kier alpha value is -2.92. The summed E-state index contributed by atoms with van der Waals surface area (Å²) in [5, 5.41) is 6.13. The second-order valence-corrected chi connectivity index (χ2v) is 6.67. The monoisotopic (exact) mass is 363 g/mol. The van der Waals surface area contributed by atoms with Crippen LogP contribution in [0.15, 0.2) is 61.1 Å². The minimum absolute atomic E-state index is 0.710. The molecule has 26 heavy (non-hydrogen) atoms. The van der Waals surface area contributed by atoms with Gasteiger partial charge in [0.15, 0.2) is 5.65 Å². The van der Waals surface area contributed by atoms with Gasteiger partial charge in [-0.1, -0.05) is 48.0 Å². The van der Waals surface area contributed by atoms with E-state index >= 15 is 0 Å². The molecule has 0 radical (unpaired) electrons. The molecule has 0 bridgehead atoms. The van der Waals surface area contributed by atoms with Crippen LogP contribution in [0, 0.1) is 6.92 Å². The maximum atomic E-state index is 6.27. The van der Waals surface area contributed by atoms with Crippen molar-refractivity contribution in [2.75, 3.05) is 11.9 Å². The first-order valence-corrected chi connectivity index (χ1v) is 8.71. The Kier molecular flexibility index (Phi) is 4.31. The van der Waals surface area contributed by atoms with Gasteiger partial charge in [0.2, 0.25) is 0 Å². The zero-order valence-corrected chi connectivity index (χ0v) is 15.4. The van der Waals surface area contributed by atoms with Crippen LogP contribution in [0.5, 0.6) is 0 Å². The van der Waals surface area contributed by atoms with Crippen LogP contribution in [0.2, 0.25) is 5.02 Å². The summed E-state index contributed by atoms with van der Waals surface area (Å²) < 4.78 is 1.79. The third kappa shape index (κ3) is 3.02. The largest absolute Gasteiger partial charge is 0.355 e. The van der Waals surface area contributed by atoms with Crippen molar-refractivity contribution in [3.8, 4) is 5.69 Å². The second kappa shape index (κ2) is 6.77. The quantitative estimate of drug-likeness (QED) is 0.538. The van der Waals surface area contributed by atoms with Gasteiger partial charge >= 0.3 is 0 Å². The average Bonchev–Trinajstić information content (AvgIpc) is 3.09. The number of nitrogens with zero attached hydrogens (tertiary/aromatic N) is 5. The van der Waals surface area contributed by atoms with E-state index in [4.69, 9.17) is 11.6 Å². The van der Waals surface area contributed by atoms with Gasteiger partial charge in [-0.05, 0) is 30.2 Å². The zero-order valence-electron chi connectivity index (χ0n) is 14.6. The number of aromatic nitrogens is 4. The van der Waals surface area contributed by atoms with Crippen molar-refractivity contribution in [3.05, 3.63) is 77.2 Å². The predicted molar refractivity (Wildman–Crippen MR) is 105 cm³/mol. The highest BCUT2D eigenvalue weighted by Gasteiger charge is 2.14. The lowest BCUT2D eigenvalue weighted by Gasteiger charge is -2.18. The van der Waals surface area contributed by atoms with Gasteiger partial charge in [0.05, 0.1) is 17.3 Å². The lowest BCUT2D eigenvalue weighted by Crippen LogP contribution is -2.18. The highest BCUT2D eigenvalue weighted by molar-refractivity contribution is 6.31. The van der Waals surface area contributed by atoms with Crippen LogP contribution in [-0.4, -0.2) is 26.8 Å². The van der Waals surface area contributed by atoms with Crippen LogP contribution in [0.25, 0.3) is 16.7 Å². The van der Waals surface area contributed by atoms with Crippen molar-refractivity contribution < 1.29 is 0 Å². The number of aryl methyl sites for hydroxylation is 1. The summed E-state index contributed by atoms with van der Waals surface area (Å²) in [5.74, 6) is 0.850. The van der Waals surface area contributed by atoms with Crippen LogP contribution >= 0.6 is 11.6 Å². The lowest BCUT2D eigenvalue weighted by molar-refractivity contribution is 0.886. The minimum Gasteiger partial charge on any atom is -0.355 e. The van der Waals surface area contributed by atoms with Crippen molar-refractivity contribution in [1.29, 1.82) is 0 Å². The molecule has 4 rings (SSSR count). The smallest absolute Gasteiger partial charge is 0.168 e. The Bertz CT molecular complexity index is 1060. The van der Waals surface area contributed by atoms with Gasteiger partial charge in [-0.2, -0.15) is 5.10 Å². The summed E-state index contributed by atoms with van der Waals surface area (Å²) in [4.78, 5) is 11.0. The van der Waals surface area contributed by atoms with E-state index in [1.54, 1.807) is 17.2 Å². The first-order valence-electron chi connectivity index (χ1n) is 8.34. The molecule has 0 aliphatic heterocycles. The third-order valence-electron chi connectivity index (χ3n) is 4.37. The number of hydrogen-bond acceptors (Lipinski definition) is 4. The summed E-state index contributed by atoms with van der Waals surface area (Å²) in [7, 11) is 2.02. The van der Waals surface area contributed by atoms with Crippen LogP contribution in [0.1, 0.15) is 11.1 Å². The number of benzene rings is 2. The van der Waals surface area contributed by atoms with E-state index in [1.807, 2.05) is 50.4 Å². The van der Waals surface area contributed by atoms with E-state index in [2.05, 4.69) is 32.1 Å². The Morgan fingerprint density at radius 1 is 1.08 bits per heavy atom. The molecule has 0 N–H and O–H groups in total. The third-order valence-corrected chi connectivity index (χ3v) is 4.78. The van der Waals surface area contributed by atoms with Crippen LogP contribution < -0.4 is 4.90 Å². The van der Waals surface area contributed by atoms with Crippen molar-refractivity contribution in [2.24, 2.45) is 0 Å². The number of fused-ring (bicyclic) bond motifs is 1. The van der Waals surface area contributed by atoms with Gasteiger partial charge in [-0.25, -0.2) is 14.6 Å². The molecule has 0 aliphatic carbocycles. The molecule has 0 saturated carbocycles. The van der Waals surface area contributed by atoms with Crippen molar-refractivity contribution >= 4 is 28.5 Å². The van der Waals surface area contributed by atoms with Gasteiger partial charge in [-0.3, -0.25) is 0 Å². The minimum atomic E-state index is 0.710. The molecule has 0 saturated heterocycles. The van der Waals surface area contributed by atoms with Gasteiger partial charge in [0.25, 0.3) is 0 Å². The molecule has 0 aliphatic rings. The first kappa shape index (κ1) is 16.5. The standard InChI is InChI=1S/C20H18ClN5/c1-14-8-9-16(10-18(14)21)26-20-17(11-24-26)19(22-13-23-20)25(2)12-15-6-4-3-5-7-15/h3-11,13H,12H2,1-2H3. The molecule has 2 heterocycles. The molecule has 2 aromatic carbocycles. The van der Waals surface area contributed by atoms with Crippen molar-refractivity contribution in [3.63, 3.8) is 0 Å². The summed E-state index contributed by atoms with van der Waals surface area (Å²) in [5.41, 5.74) is 3.89. The van der Waals surface area contributed by atoms with Gasteiger partial charge in [0.1, 0.15) is 12.1 Å². The highest BCUT2D eigenvalue weighted by Crippen LogP contribution is 2.26. The number of halogens is 1. The van der Waals surface area contributed by atoms with Crippen molar-refractivity contribution in [1.82, 2.24) is 19.7 Å². The summed E-state index contributed by atoms with van der Waals surface area (Å²) in [6.07, 6.45) is 3.38. The van der Waals surface area contributed by atoms with E-state index < -0.39 is 0 Å². The van der Waals surface area contributed by atoms with E-state index in [1.165, 1.54) is 5.56 Å². The fourth-order valence-corrected chi connectivity index (χ4v) is 3.15. The molecular formula is C20H18ClN5. The van der Waals surface area contributed by atoms with E-state index in [0.717, 1.165) is 34.6 Å². The van der Waals surface area contributed by atoms with Crippen LogP contribution in [0.3, 0.4) is 0 Å². The van der Waals surface area contributed by atoms with E-state index in [9.17, 15) is 0 Å². The number of anilines is 1. The number of hydrogen-bond donors (Lipinski definition) is 0. The predicted octanol–water partition coefficient (Wildman–Crippen LogP) is 4.41. The Balaban J connectivity index is 1.74. The van der Waals surface area contributed by atoms with Crippen molar-refractivity contribution in [2.45, 2.75) is 13.5 Å². The fraction of sp³-hybridized carbons (Fsp3) is 0.150. The maximum Gasteiger partial charge on any atom is 0.168 e. The molecular weight excluding hydrogens is 346 g/mol. The molecule has 2 aromatic heterocycles. The van der Waals surface area contributed by atoms with Gasteiger partial charge in [-0.15, -0.1) is 0 Å². The maximum absolute atomic E-state index is 6.27. The molecule has 4 aromatic rings.